The van der Waals surface area contributed by atoms with Gasteiger partial charge in [0.2, 0.25) is 0 Å². The van der Waals surface area contributed by atoms with Crippen LogP contribution in [0.25, 0.3) is 21.9 Å². The summed E-state index contributed by atoms with van der Waals surface area (Å²) in [6.07, 6.45) is 0. The topological polar surface area (TPSA) is 0 Å². The van der Waals surface area contributed by atoms with Gasteiger partial charge >= 0.3 is 0 Å². The summed E-state index contributed by atoms with van der Waals surface area (Å²) in [5.74, 6) is 0. The molecule has 0 saturated carbocycles. The van der Waals surface area contributed by atoms with Crippen LogP contribution in [-0.2, 0) is 0 Å². The number of rotatable bonds is 1. The van der Waals surface area contributed by atoms with Crippen molar-refractivity contribution in [3.63, 3.8) is 0 Å². The maximum Gasteiger partial charge on any atom is -0.00146 e. The summed E-state index contributed by atoms with van der Waals surface area (Å²) in [6.45, 7) is 2.20. The third-order valence-electron chi connectivity index (χ3n) is 3.03. The molecule has 0 atom stereocenters. The molecule has 0 fully saturated rings. The molecule has 0 radical (unpaired) electrons. The number of fused-ring (bicyclic) bond motifs is 1. The van der Waals surface area contributed by atoms with E-state index in [1.54, 1.807) is 11.3 Å². The Morgan fingerprint density at radius 2 is 1.81 bits per heavy atom. The second-order valence-electron chi connectivity index (χ2n) is 3.97. The Balaban J connectivity index is 2.32. The molecule has 0 N–H and O–H groups in total. The molecular weight excluding hydrogens is 212 g/mol. The Hall–Kier alpha value is -1.60. The van der Waals surface area contributed by atoms with Crippen molar-refractivity contribution in [1.29, 1.82) is 0 Å². The van der Waals surface area contributed by atoms with Crippen LogP contribution < -0.4 is 0 Å². The second-order valence-corrected chi connectivity index (χ2v) is 4.75. The molecule has 0 aliphatic rings. The molecule has 1 heteroatoms. The lowest BCUT2D eigenvalue weighted by molar-refractivity contribution is 1.52. The van der Waals surface area contributed by atoms with Crippen molar-refractivity contribution in [2.45, 2.75) is 6.92 Å². The first kappa shape index (κ1) is 9.61. The van der Waals surface area contributed by atoms with E-state index < -0.39 is 0 Å². The highest BCUT2D eigenvalue weighted by atomic mass is 32.1. The zero-order chi connectivity index (χ0) is 11.0. The van der Waals surface area contributed by atoms with Crippen molar-refractivity contribution >= 4 is 22.1 Å². The Bertz CT molecular complexity index is 621. The summed E-state index contributed by atoms with van der Waals surface area (Å²) in [5.41, 5.74) is 4.05. The van der Waals surface area contributed by atoms with Crippen LogP contribution in [0.15, 0.2) is 53.2 Å². The van der Waals surface area contributed by atoms with Gasteiger partial charge in [-0.3, -0.25) is 0 Å². The number of benzene rings is 2. The highest BCUT2D eigenvalue weighted by Crippen LogP contribution is 2.30. The third kappa shape index (κ3) is 1.44. The molecule has 0 nitrogen and oxygen atoms in total. The van der Waals surface area contributed by atoms with E-state index in [9.17, 15) is 0 Å². The summed E-state index contributed by atoms with van der Waals surface area (Å²) >= 11 is 1.75. The Morgan fingerprint density at radius 1 is 0.938 bits per heavy atom. The molecule has 0 aliphatic heterocycles. The summed E-state index contributed by atoms with van der Waals surface area (Å²) < 4.78 is 0. The van der Waals surface area contributed by atoms with Crippen LogP contribution in [-0.4, -0.2) is 0 Å². The minimum atomic E-state index is 1.32. The average molecular weight is 224 g/mol. The molecular formula is C15H12S. The zero-order valence-corrected chi connectivity index (χ0v) is 9.92. The van der Waals surface area contributed by atoms with E-state index in [1.807, 2.05) is 0 Å². The standard InChI is InChI=1S/C15H12S/c1-11-14-5-3-2-4-12(14)6-7-15(11)13-8-9-16-10-13/h2-10H,1H3. The van der Waals surface area contributed by atoms with Crippen LogP contribution in [0.3, 0.4) is 0 Å². The van der Waals surface area contributed by atoms with Crippen molar-refractivity contribution in [2.75, 3.05) is 0 Å². The molecule has 0 unspecified atom stereocenters. The van der Waals surface area contributed by atoms with Crippen molar-refractivity contribution < 1.29 is 0 Å². The van der Waals surface area contributed by atoms with Gasteiger partial charge in [0.05, 0.1) is 0 Å². The maximum atomic E-state index is 2.22. The molecule has 78 valence electrons. The normalized spacial score (nSPS) is 10.8. The van der Waals surface area contributed by atoms with E-state index in [0.717, 1.165) is 0 Å². The predicted octanol–water partition coefficient (Wildman–Crippen LogP) is 4.88. The quantitative estimate of drug-likeness (QED) is 0.553. The lowest BCUT2D eigenvalue weighted by atomic mass is 9.97. The number of aryl methyl sites for hydroxylation is 1. The molecule has 16 heavy (non-hydrogen) atoms. The van der Waals surface area contributed by atoms with Crippen LogP contribution in [0.4, 0.5) is 0 Å². The van der Waals surface area contributed by atoms with Crippen LogP contribution in [0.2, 0.25) is 0 Å². The first-order valence-corrected chi connectivity index (χ1v) is 6.31. The smallest absolute Gasteiger partial charge is 0.00146 e. The molecule has 3 aromatic rings. The maximum absolute atomic E-state index is 2.22. The number of thiophene rings is 1. The lowest BCUT2D eigenvalue weighted by Gasteiger charge is -2.07. The fourth-order valence-electron chi connectivity index (χ4n) is 2.16. The molecule has 0 amide bonds. The number of hydrogen-bond donors (Lipinski definition) is 0. The van der Waals surface area contributed by atoms with Gasteiger partial charge in [-0.15, -0.1) is 0 Å². The largest absolute Gasteiger partial charge is 0.152 e. The summed E-state index contributed by atoms with van der Waals surface area (Å²) in [4.78, 5) is 0. The van der Waals surface area contributed by atoms with Gasteiger partial charge in [0.25, 0.3) is 0 Å². The van der Waals surface area contributed by atoms with E-state index in [2.05, 4.69) is 60.1 Å². The summed E-state index contributed by atoms with van der Waals surface area (Å²) in [7, 11) is 0. The van der Waals surface area contributed by atoms with Gasteiger partial charge in [-0.2, -0.15) is 11.3 Å². The highest BCUT2D eigenvalue weighted by molar-refractivity contribution is 7.08. The van der Waals surface area contributed by atoms with Crippen LogP contribution in [0, 0.1) is 6.92 Å². The Labute approximate surface area is 99.2 Å². The summed E-state index contributed by atoms with van der Waals surface area (Å²) in [5, 5.41) is 7.01. The van der Waals surface area contributed by atoms with E-state index in [4.69, 9.17) is 0 Å². The Morgan fingerprint density at radius 3 is 2.62 bits per heavy atom. The minimum Gasteiger partial charge on any atom is -0.152 e. The van der Waals surface area contributed by atoms with Crippen molar-refractivity contribution in [3.8, 4) is 11.1 Å². The van der Waals surface area contributed by atoms with Gasteiger partial charge in [0, 0.05) is 0 Å². The van der Waals surface area contributed by atoms with E-state index in [-0.39, 0.29) is 0 Å². The van der Waals surface area contributed by atoms with Crippen LogP contribution in [0.1, 0.15) is 5.56 Å². The van der Waals surface area contributed by atoms with Crippen molar-refractivity contribution in [1.82, 2.24) is 0 Å². The van der Waals surface area contributed by atoms with Crippen molar-refractivity contribution in [3.05, 3.63) is 58.8 Å². The van der Waals surface area contributed by atoms with Gasteiger partial charge in [-0.1, -0.05) is 36.4 Å². The predicted molar refractivity (Wildman–Crippen MR) is 72.0 cm³/mol. The molecule has 2 aromatic carbocycles. The highest BCUT2D eigenvalue weighted by Gasteiger charge is 2.05. The zero-order valence-electron chi connectivity index (χ0n) is 9.10. The van der Waals surface area contributed by atoms with Crippen LogP contribution >= 0.6 is 11.3 Å². The Kier molecular flexibility index (Phi) is 2.26. The second kappa shape index (κ2) is 3.76. The lowest BCUT2D eigenvalue weighted by Crippen LogP contribution is -1.83. The molecule has 1 aromatic heterocycles. The molecule has 1 heterocycles. The number of hydrogen-bond acceptors (Lipinski definition) is 1. The molecule has 3 rings (SSSR count). The van der Waals surface area contributed by atoms with E-state index in [1.165, 1.54) is 27.5 Å². The fraction of sp³-hybridized carbons (Fsp3) is 0.0667. The van der Waals surface area contributed by atoms with Gasteiger partial charge < -0.3 is 0 Å². The molecule has 0 spiro atoms. The molecule has 0 saturated heterocycles. The van der Waals surface area contributed by atoms with Gasteiger partial charge in [0.15, 0.2) is 0 Å². The molecule has 0 bridgehead atoms. The van der Waals surface area contributed by atoms with Crippen LogP contribution in [0.5, 0.6) is 0 Å². The minimum absolute atomic E-state index is 1.32. The SMILES string of the molecule is Cc1c(-c2ccsc2)ccc2ccccc12. The van der Waals surface area contributed by atoms with E-state index >= 15 is 0 Å². The molecule has 0 aliphatic carbocycles. The summed E-state index contributed by atoms with van der Waals surface area (Å²) in [6, 6.07) is 15.2. The van der Waals surface area contributed by atoms with Crippen molar-refractivity contribution in [2.24, 2.45) is 0 Å². The van der Waals surface area contributed by atoms with Gasteiger partial charge in [0.1, 0.15) is 0 Å². The van der Waals surface area contributed by atoms with Gasteiger partial charge in [-0.05, 0) is 51.2 Å². The first-order valence-electron chi connectivity index (χ1n) is 5.37. The average Bonchev–Trinajstić information content (AvgIpc) is 2.83. The van der Waals surface area contributed by atoms with E-state index in [0.29, 0.717) is 0 Å². The van der Waals surface area contributed by atoms with Gasteiger partial charge in [-0.25, -0.2) is 0 Å². The fourth-order valence-corrected chi connectivity index (χ4v) is 2.81. The first-order chi connectivity index (χ1) is 7.86. The third-order valence-corrected chi connectivity index (χ3v) is 3.71. The monoisotopic (exact) mass is 224 g/mol.